The minimum absolute atomic E-state index is 0.0656. The predicted octanol–water partition coefficient (Wildman–Crippen LogP) is 3.72. The van der Waals surface area contributed by atoms with Gasteiger partial charge in [0.2, 0.25) is 5.91 Å². The van der Waals surface area contributed by atoms with Crippen LogP contribution in [0.25, 0.3) is 0 Å². The van der Waals surface area contributed by atoms with Gasteiger partial charge in [-0.3, -0.25) is 14.4 Å². The number of aryl methyl sites for hydroxylation is 1. The zero-order valence-electron chi connectivity index (χ0n) is 16.2. The van der Waals surface area contributed by atoms with Gasteiger partial charge in [0.25, 0.3) is 11.8 Å². The van der Waals surface area contributed by atoms with Crippen molar-refractivity contribution in [3.8, 4) is 0 Å². The van der Waals surface area contributed by atoms with Gasteiger partial charge < -0.3 is 24.8 Å². The Bertz CT molecular complexity index is 1040. The van der Waals surface area contributed by atoms with Crippen molar-refractivity contribution >= 4 is 29.1 Å². The molecule has 0 unspecified atom stereocenters. The van der Waals surface area contributed by atoms with E-state index in [1.165, 1.54) is 30.7 Å². The van der Waals surface area contributed by atoms with Crippen molar-refractivity contribution in [3.05, 3.63) is 71.8 Å². The third-order valence-corrected chi connectivity index (χ3v) is 4.21. The van der Waals surface area contributed by atoms with E-state index in [4.69, 9.17) is 8.83 Å². The molecule has 0 saturated carbocycles. The molecule has 0 spiro atoms. The van der Waals surface area contributed by atoms with E-state index in [0.29, 0.717) is 30.0 Å². The van der Waals surface area contributed by atoms with E-state index in [1.807, 2.05) is 0 Å². The number of hydrogen-bond acceptors (Lipinski definition) is 5. The topological polar surface area (TPSA) is 114 Å². The Labute approximate surface area is 171 Å². The number of carbonyl (C=O) groups is 3. The van der Waals surface area contributed by atoms with Crippen molar-refractivity contribution in [1.29, 1.82) is 0 Å². The molecule has 3 aromatic rings. The first-order chi connectivity index (χ1) is 14.4. The molecule has 0 fully saturated rings. The predicted molar refractivity (Wildman–Crippen MR) is 107 cm³/mol. The van der Waals surface area contributed by atoms with Gasteiger partial charge in [0.1, 0.15) is 11.6 Å². The summed E-state index contributed by atoms with van der Waals surface area (Å²) >= 11 is 0. The summed E-state index contributed by atoms with van der Waals surface area (Å²) in [6.45, 7) is 1.92. The van der Waals surface area contributed by atoms with Crippen LogP contribution in [0.5, 0.6) is 0 Å². The smallest absolute Gasteiger partial charge is 0.286 e. The van der Waals surface area contributed by atoms with Crippen LogP contribution in [0.2, 0.25) is 0 Å². The van der Waals surface area contributed by atoms with E-state index >= 15 is 0 Å². The van der Waals surface area contributed by atoms with Crippen LogP contribution in [0.3, 0.4) is 0 Å². The van der Waals surface area contributed by atoms with Crippen LogP contribution in [-0.4, -0.2) is 24.3 Å². The van der Waals surface area contributed by atoms with Gasteiger partial charge in [-0.1, -0.05) is 0 Å². The van der Waals surface area contributed by atoms with Crippen molar-refractivity contribution in [2.45, 2.75) is 19.8 Å². The standard InChI is InChI=1S/C21H20FN3O5/c1-13-15(8-11-29-13)20(27)25-17-12-14(6-7-16(17)22)24-19(26)5-2-9-23-21(28)18-4-3-10-30-18/h3-4,6-8,10-12H,2,5,9H2,1H3,(H,23,28)(H,24,26)(H,25,27). The van der Waals surface area contributed by atoms with E-state index < -0.39 is 11.7 Å². The molecule has 1 aromatic carbocycles. The Morgan fingerprint density at radius 1 is 1.00 bits per heavy atom. The molecule has 3 N–H and O–H groups in total. The molecule has 156 valence electrons. The summed E-state index contributed by atoms with van der Waals surface area (Å²) in [5.41, 5.74) is 0.560. The summed E-state index contributed by atoms with van der Waals surface area (Å²) in [4.78, 5) is 36.1. The molecular weight excluding hydrogens is 393 g/mol. The van der Waals surface area contributed by atoms with E-state index in [0.717, 1.165) is 6.07 Å². The average Bonchev–Trinajstić information content (AvgIpc) is 3.39. The molecule has 8 nitrogen and oxygen atoms in total. The Morgan fingerprint density at radius 3 is 2.53 bits per heavy atom. The molecule has 0 bridgehead atoms. The fourth-order valence-corrected chi connectivity index (χ4v) is 2.68. The summed E-state index contributed by atoms with van der Waals surface area (Å²) < 4.78 is 24.1. The monoisotopic (exact) mass is 413 g/mol. The van der Waals surface area contributed by atoms with E-state index in [2.05, 4.69) is 16.0 Å². The van der Waals surface area contributed by atoms with Gasteiger partial charge in [-0.2, -0.15) is 0 Å². The molecule has 0 aliphatic carbocycles. The third-order valence-electron chi connectivity index (χ3n) is 4.21. The van der Waals surface area contributed by atoms with Gasteiger partial charge in [-0.15, -0.1) is 0 Å². The molecule has 2 heterocycles. The fourth-order valence-electron chi connectivity index (χ4n) is 2.68. The third kappa shape index (κ3) is 5.34. The lowest BCUT2D eigenvalue weighted by atomic mass is 10.2. The van der Waals surface area contributed by atoms with Crippen LogP contribution in [0.1, 0.15) is 39.5 Å². The highest BCUT2D eigenvalue weighted by molar-refractivity contribution is 6.05. The van der Waals surface area contributed by atoms with Crippen molar-refractivity contribution < 1.29 is 27.6 Å². The number of hydrogen-bond donors (Lipinski definition) is 3. The number of furan rings is 2. The second kappa shape index (κ2) is 9.55. The first-order valence-corrected chi connectivity index (χ1v) is 9.20. The Kier molecular flexibility index (Phi) is 6.63. The van der Waals surface area contributed by atoms with E-state index in [-0.39, 0.29) is 29.7 Å². The molecule has 3 rings (SSSR count). The Morgan fingerprint density at radius 2 is 1.83 bits per heavy atom. The van der Waals surface area contributed by atoms with Gasteiger partial charge in [0, 0.05) is 18.7 Å². The number of halogens is 1. The molecule has 0 aliphatic heterocycles. The number of rotatable bonds is 8. The average molecular weight is 413 g/mol. The molecule has 2 aromatic heterocycles. The molecule has 0 atom stereocenters. The molecule has 0 saturated heterocycles. The number of anilines is 2. The van der Waals surface area contributed by atoms with Gasteiger partial charge in [0.15, 0.2) is 5.76 Å². The summed E-state index contributed by atoms with van der Waals surface area (Å²) in [6.07, 6.45) is 3.32. The highest BCUT2D eigenvalue weighted by Gasteiger charge is 2.15. The highest BCUT2D eigenvalue weighted by Crippen LogP contribution is 2.21. The first-order valence-electron chi connectivity index (χ1n) is 9.20. The molecule has 9 heteroatoms. The molecule has 30 heavy (non-hydrogen) atoms. The number of benzene rings is 1. The van der Waals surface area contributed by atoms with Crippen LogP contribution in [-0.2, 0) is 4.79 Å². The minimum atomic E-state index is -0.636. The van der Waals surface area contributed by atoms with Gasteiger partial charge >= 0.3 is 0 Å². The molecular formula is C21H20FN3O5. The number of amides is 3. The van der Waals surface area contributed by atoms with E-state index in [9.17, 15) is 18.8 Å². The number of carbonyl (C=O) groups excluding carboxylic acids is 3. The first kappa shape index (κ1) is 20.8. The lowest BCUT2D eigenvalue weighted by molar-refractivity contribution is -0.116. The minimum Gasteiger partial charge on any atom is -0.469 e. The van der Waals surface area contributed by atoms with Crippen molar-refractivity contribution in [1.82, 2.24) is 5.32 Å². The molecule has 0 radical (unpaired) electrons. The van der Waals surface area contributed by atoms with Gasteiger partial charge in [0.05, 0.1) is 23.8 Å². The zero-order chi connectivity index (χ0) is 21.5. The summed E-state index contributed by atoms with van der Waals surface area (Å²) in [5.74, 6) is -1.20. The van der Waals surface area contributed by atoms with Gasteiger partial charge in [-0.25, -0.2) is 4.39 Å². The maximum atomic E-state index is 14.1. The molecule has 0 aliphatic rings. The Hall–Kier alpha value is -3.88. The zero-order valence-corrected chi connectivity index (χ0v) is 16.2. The lowest BCUT2D eigenvalue weighted by Gasteiger charge is -2.10. The highest BCUT2D eigenvalue weighted by atomic mass is 19.1. The summed E-state index contributed by atoms with van der Waals surface area (Å²) in [6, 6.07) is 8.51. The van der Waals surface area contributed by atoms with Crippen molar-refractivity contribution in [2.75, 3.05) is 17.2 Å². The van der Waals surface area contributed by atoms with Crippen LogP contribution >= 0.6 is 0 Å². The van der Waals surface area contributed by atoms with Crippen LogP contribution in [0.4, 0.5) is 15.8 Å². The normalized spacial score (nSPS) is 10.5. The maximum absolute atomic E-state index is 14.1. The number of nitrogens with one attached hydrogen (secondary N) is 3. The van der Waals surface area contributed by atoms with Crippen molar-refractivity contribution in [3.63, 3.8) is 0 Å². The lowest BCUT2D eigenvalue weighted by Crippen LogP contribution is -2.25. The quantitative estimate of drug-likeness (QED) is 0.487. The summed E-state index contributed by atoms with van der Waals surface area (Å²) in [7, 11) is 0. The second-order valence-electron chi connectivity index (χ2n) is 6.42. The van der Waals surface area contributed by atoms with E-state index in [1.54, 1.807) is 19.1 Å². The van der Waals surface area contributed by atoms with Crippen LogP contribution in [0, 0.1) is 12.7 Å². The second-order valence-corrected chi connectivity index (χ2v) is 6.42. The Balaban J connectivity index is 1.49. The summed E-state index contributed by atoms with van der Waals surface area (Å²) in [5, 5.41) is 7.74. The fraction of sp³-hybridized carbons (Fsp3) is 0.190. The maximum Gasteiger partial charge on any atom is 0.286 e. The van der Waals surface area contributed by atoms with Crippen LogP contribution < -0.4 is 16.0 Å². The molecule has 3 amide bonds. The largest absolute Gasteiger partial charge is 0.469 e. The van der Waals surface area contributed by atoms with Gasteiger partial charge in [-0.05, 0) is 49.7 Å². The van der Waals surface area contributed by atoms with Crippen molar-refractivity contribution in [2.24, 2.45) is 0 Å². The van der Waals surface area contributed by atoms with Crippen LogP contribution in [0.15, 0.2) is 57.8 Å². The SMILES string of the molecule is Cc1occc1C(=O)Nc1cc(NC(=O)CCCNC(=O)c2ccco2)ccc1F.